The van der Waals surface area contributed by atoms with E-state index in [1.165, 1.54) is 18.3 Å². The van der Waals surface area contributed by atoms with Crippen molar-refractivity contribution < 1.29 is 9.18 Å². The van der Waals surface area contributed by atoms with Gasteiger partial charge in [-0.1, -0.05) is 23.8 Å². The topological polar surface area (TPSA) is 76.3 Å². The summed E-state index contributed by atoms with van der Waals surface area (Å²) < 4.78 is 15.1. The molecule has 0 unspecified atom stereocenters. The molecule has 0 spiro atoms. The summed E-state index contributed by atoms with van der Waals surface area (Å²) in [5.74, 6) is -0.502. The van der Waals surface area contributed by atoms with Crippen LogP contribution in [0.25, 0.3) is 16.6 Å². The van der Waals surface area contributed by atoms with Crippen LogP contribution in [0.15, 0.2) is 73.1 Å². The summed E-state index contributed by atoms with van der Waals surface area (Å²) in [5.41, 5.74) is 4.70. The Labute approximate surface area is 183 Å². The molecule has 0 saturated heterocycles. The van der Waals surface area contributed by atoms with Crippen molar-refractivity contribution in [2.45, 2.75) is 20.0 Å². The molecule has 0 atom stereocenters. The van der Waals surface area contributed by atoms with Crippen molar-refractivity contribution in [3.63, 3.8) is 0 Å². The summed E-state index contributed by atoms with van der Waals surface area (Å²) >= 11 is 0. The second kappa shape index (κ2) is 8.14. The Balaban J connectivity index is 1.58. The molecule has 0 aliphatic rings. The van der Waals surface area contributed by atoms with E-state index in [1.807, 2.05) is 25.1 Å². The maximum absolute atomic E-state index is 13.4. The Hall–Kier alpha value is -4.20. The highest BCUT2D eigenvalue weighted by Crippen LogP contribution is 2.23. The fourth-order valence-corrected chi connectivity index (χ4v) is 3.79. The maximum atomic E-state index is 13.4. The van der Waals surface area contributed by atoms with Crippen LogP contribution >= 0.6 is 0 Å². The summed E-state index contributed by atoms with van der Waals surface area (Å²) in [6.45, 7) is 2.60. The van der Waals surface area contributed by atoms with Crippen molar-refractivity contribution in [3.8, 4) is 0 Å². The summed E-state index contributed by atoms with van der Waals surface area (Å²) in [6.07, 6.45) is 3.16. The first-order valence-corrected chi connectivity index (χ1v) is 10.1. The van der Waals surface area contributed by atoms with Gasteiger partial charge in [0.05, 0.1) is 17.6 Å². The zero-order valence-electron chi connectivity index (χ0n) is 17.3. The predicted molar refractivity (Wildman–Crippen MR) is 117 cm³/mol. The molecule has 0 bridgehead atoms. The molecule has 0 N–H and O–H groups in total. The van der Waals surface area contributed by atoms with E-state index in [0.29, 0.717) is 17.8 Å². The average molecular weight is 426 g/mol. The highest BCUT2D eigenvalue weighted by Gasteiger charge is 2.20. The third-order valence-corrected chi connectivity index (χ3v) is 5.34. The van der Waals surface area contributed by atoms with Gasteiger partial charge in [0.25, 0.3) is 5.91 Å². The number of halogens is 1. The molecule has 0 fully saturated rings. The summed E-state index contributed by atoms with van der Waals surface area (Å²) in [5, 5.41) is 13.2. The molecule has 5 rings (SSSR count). The van der Waals surface area contributed by atoms with Crippen LogP contribution in [-0.2, 0) is 13.1 Å². The number of fused-ring (bicyclic) bond motifs is 3. The lowest BCUT2D eigenvalue weighted by Gasteiger charge is -2.23. The standard InChI is InChI=1S/C24H19FN6O/c1-16-4-9-22-19(11-16)12-20(23-27-28-29-31(22)23)15-30(14-17-5-7-21(25)8-6-17)24(32)18-3-2-10-26-13-18/h2-13H,14-15H2,1H3. The maximum Gasteiger partial charge on any atom is 0.256 e. The Morgan fingerprint density at radius 3 is 2.69 bits per heavy atom. The van der Waals surface area contributed by atoms with E-state index in [2.05, 4.69) is 26.6 Å². The van der Waals surface area contributed by atoms with Gasteiger partial charge in [-0.25, -0.2) is 4.39 Å². The fourth-order valence-electron chi connectivity index (χ4n) is 3.79. The van der Waals surface area contributed by atoms with Gasteiger partial charge in [-0.2, -0.15) is 4.52 Å². The van der Waals surface area contributed by atoms with Crippen LogP contribution in [0.4, 0.5) is 4.39 Å². The Kier molecular flexibility index (Phi) is 5.03. The number of carbonyl (C=O) groups is 1. The van der Waals surface area contributed by atoms with E-state index in [-0.39, 0.29) is 18.3 Å². The average Bonchev–Trinajstić information content (AvgIpc) is 3.30. The molecular weight excluding hydrogens is 407 g/mol. The molecule has 3 heterocycles. The van der Waals surface area contributed by atoms with Crippen LogP contribution in [0.3, 0.4) is 0 Å². The Morgan fingerprint density at radius 2 is 1.91 bits per heavy atom. The van der Waals surface area contributed by atoms with Crippen molar-refractivity contribution in [2.75, 3.05) is 0 Å². The van der Waals surface area contributed by atoms with E-state index in [0.717, 1.165) is 27.6 Å². The van der Waals surface area contributed by atoms with Crippen molar-refractivity contribution >= 4 is 22.5 Å². The van der Waals surface area contributed by atoms with E-state index in [9.17, 15) is 9.18 Å². The van der Waals surface area contributed by atoms with Gasteiger partial charge in [0, 0.05) is 29.9 Å². The zero-order valence-corrected chi connectivity index (χ0v) is 17.3. The number of aromatic nitrogens is 5. The number of tetrazole rings is 1. The summed E-state index contributed by atoms with van der Waals surface area (Å²) in [7, 11) is 0. The van der Waals surface area contributed by atoms with Crippen LogP contribution in [0, 0.1) is 12.7 Å². The minimum Gasteiger partial charge on any atom is -0.330 e. The number of aryl methyl sites for hydroxylation is 1. The fraction of sp³-hybridized carbons (Fsp3) is 0.125. The van der Waals surface area contributed by atoms with E-state index in [1.54, 1.807) is 39.9 Å². The predicted octanol–water partition coefficient (Wildman–Crippen LogP) is 3.96. The molecule has 8 heteroatoms. The van der Waals surface area contributed by atoms with Crippen molar-refractivity contribution in [1.82, 2.24) is 29.9 Å². The van der Waals surface area contributed by atoms with E-state index >= 15 is 0 Å². The molecule has 0 saturated carbocycles. The number of carbonyl (C=O) groups excluding carboxylic acids is 1. The number of hydrogen-bond donors (Lipinski definition) is 0. The van der Waals surface area contributed by atoms with Gasteiger partial charge < -0.3 is 4.90 Å². The van der Waals surface area contributed by atoms with Gasteiger partial charge >= 0.3 is 0 Å². The number of nitrogens with zero attached hydrogens (tertiary/aromatic N) is 6. The molecule has 32 heavy (non-hydrogen) atoms. The molecule has 158 valence electrons. The van der Waals surface area contributed by atoms with Crippen molar-refractivity contribution in [1.29, 1.82) is 0 Å². The summed E-state index contributed by atoms with van der Waals surface area (Å²) in [4.78, 5) is 19.1. The number of rotatable bonds is 5. The van der Waals surface area contributed by atoms with Crippen LogP contribution in [0.5, 0.6) is 0 Å². The Morgan fingerprint density at radius 1 is 1.06 bits per heavy atom. The van der Waals surface area contributed by atoms with Crippen LogP contribution in [0.2, 0.25) is 0 Å². The second-order valence-corrected chi connectivity index (χ2v) is 7.68. The third kappa shape index (κ3) is 3.78. The first kappa shape index (κ1) is 19.7. The number of pyridine rings is 2. The first-order chi connectivity index (χ1) is 15.6. The van der Waals surface area contributed by atoms with Gasteiger partial charge in [0.2, 0.25) is 0 Å². The largest absolute Gasteiger partial charge is 0.330 e. The lowest BCUT2D eigenvalue weighted by atomic mass is 10.1. The van der Waals surface area contributed by atoms with Crippen molar-refractivity contribution in [2.24, 2.45) is 0 Å². The zero-order chi connectivity index (χ0) is 22.1. The quantitative estimate of drug-likeness (QED) is 0.425. The molecular formula is C24H19FN6O. The molecule has 0 aliphatic heterocycles. The van der Waals surface area contributed by atoms with Gasteiger partial charge in [0.1, 0.15) is 5.82 Å². The first-order valence-electron chi connectivity index (χ1n) is 10.1. The molecule has 2 aromatic carbocycles. The second-order valence-electron chi connectivity index (χ2n) is 7.68. The molecule has 7 nitrogen and oxygen atoms in total. The molecule has 3 aromatic heterocycles. The molecule has 5 aromatic rings. The van der Waals surface area contributed by atoms with E-state index in [4.69, 9.17) is 0 Å². The minimum atomic E-state index is -0.319. The molecule has 1 amide bonds. The number of amides is 1. The van der Waals surface area contributed by atoms with Gasteiger partial charge in [0.15, 0.2) is 5.65 Å². The smallest absolute Gasteiger partial charge is 0.256 e. The highest BCUT2D eigenvalue weighted by molar-refractivity contribution is 5.94. The normalized spacial score (nSPS) is 11.2. The van der Waals surface area contributed by atoms with Gasteiger partial charge in [-0.05, 0) is 65.4 Å². The summed E-state index contributed by atoms with van der Waals surface area (Å²) in [6, 6.07) is 17.7. The Bertz CT molecular complexity index is 1420. The minimum absolute atomic E-state index is 0.183. The van der Waals surface area contributed by atoms with Crippen LogP contribution < -0.4 is 0 Å². The monoisotopic (exact) mass is 426 g/mol. The highest BCUT2D eigenvalue weighted by atomic mass is 19.1. The van der Waals surface area contributed by atoms with Gasteiger partial charge in [-0.15, -0.1) is 5.10 Å². The molecule has 0 aliphatic carbocycles. The van der Waals surface area contributed by atoms with E-state index < -0.39 is 0 Å². The SMILES string of the molecule is Cc1ccc2c(c1)cc(CN(Cc1ccc(F)cc1)C(=O)c1cccnc1)c1nnnn12. The number of benzene rings is 2. The third-order valence-electron chi connectivity index (χ3n) is 5.34. The van der Waals surface area contributed by atoms with Gasteiger partial charge in [-0.3, -0.25) is 9.78 Å². The lowest BCUT2D eigenvalue weighted by molar-refractivity contribution is 0.0730. The van der Waals surface area contributed by atoms with Crippen LogP contribution in [0.1, 0.15) is 27.0 Å². The van der Waals surface area contributed by atoms with Crippen molar-refractivity contribution in [3.05, 3.63) is 101 Å². The molecule has 0 radical (unpaired) electrons. The van der Waals surface area contributed by atoms with Crippen LogP contribution in [-0.4, -0.2) is 35.8 Å². The number of hydrogen-bond acceptors (Lipinski definition) is 5. The lowest BCUT2D eigenvalue weighted by Crippen LogP contribution is -2.30.